The second-order valence-electron chi connectivity index (χ2n) is 7.14. The van der Waals surface area contributed by atoms with Crippen LogP contribution in [0.4, 0.5) is 0 Å². The topological polar surface area (TPSA) is 67.7 Å². The monoisotopic (exact) mass is 354 g/mol. The summed E-state index contributed by atoms with van der Waals surface area (Å²) < 4.78 is 35.2. The highest BCUT2D eigenvalue weighted by atomic mass is 32.2. The molecule has 0 N–H and O–H groups in total. The van der Waals surface area contributed by atoms with Crippen molar-refractivity contribution in [2.75, 3.05) is 26.2 Å². The summed E-state index contributed by atoms with van der Waals surface area (Å²) in [5.74, 6) is 1.04. The lowest BCUT2D eigenvalue weighted by atomic mass is 10.0. The van der Waals surface area contributed by atoms with E-state index in [1.54, 1.807) is 4.31 Å². The third kappa shape index (κ3) is 3.12. The Balaban J connectivity index is 1.47. The summed E-state index contributed by atoms with van der Waals surface area (Å²) in [6, 6.07) is -0.00396. The Morgan fingerprint density at radius 1 is 1.21 bits per heavy atom. The zero-order valence-corrected chi connectivity index (χ0v) is 15.0. The number of ether oxygens (including phenoxy) is 1. The fourth-order valence-electron chi connectivity index (χ4n) is 3.88. The molecule has 0 bridgehead atoms. The van der Waals surface area contributed by atoms with Gasteiger partial charge in [0.05, 0.1) is 30.5 Å². The summed E-state index contributed by atoms with van der Waals surface area (Å²) in [6.45, 7) is 3.64. The maximum absolute atomic E-state index is 12.7. The molecule has 2 atom stereocenters. The molecule has 3 fully saturated rings. The molecule has 7 nitrogen and oxygen atoms in total. The minimum atomic E-state index is -3.13. The lowest BCUT2D eigenvalue weighted by molar-refractivity contribution is -0.0409. The van der Waals surface area contributed by atoms with Gasteiger partial charge in [-0.3, -0.25) is 4.90 Å². The third-order valence-corrected chi connectivity index (χ3v) is 7.89. The van der Waals surface area contributed by atoms with Crippen molar-refractivity contribution in [1.29, 1.82) is 0 Å². The standard InChI is InChI=1S/C16H26N4O3S/c1-18-9-6-17-16(18)12-19-7-4-14-15(5-8-19)23-11-10-20(14)24(21,22)13-2-3-13/h6,9,13-15H,2-5,7-8,10-12H2,1H3/t14-,15+/m1/s1. The van der Waals surface area contributed by atoms with Gasteiger partial charge in [-0.1, -0.05) is 0 Å². The van der Waals surface area contributed by atoms with Gasteiger partial charge in [-0.15, -0.1) is 0 Å². The van der Waals surface area contributed by atoms with Gasteiger partial charge < -0.3 is 9.30 Å². The number of likely N-dealkylation sites (tertiary alicyclic amines) is 1. The maximum Gasteiger partial charge on any atom is 0.217 e. The Morgan fingerprint density at radius 3 is 2.71 bits per heavy atom. The summed E-state index contributed by atoms with van der Waals surface area (Å²) in [5, 5.41) is -0.136. The average molecular weight is 354 g/mol. The lowest BCUT2D eigenvalue weighted by Crippen LogP contribution is -2.54. The Bertz CT molecular complexity index is 685. The van der Waals surface area contributed by atoms with Crippen LogP contribution in [0.5, 0.6) is 0 Å². The summed E-state index contributed by atoms with van der Waals surface area (Å²) in [6.07, 6.45) is 7.16. The van der Waals surface area contributed by atoms with E-state index in [4.69, 9.17) is 4.74 Å². The Labute approximate surface area is 143 Å². The van der Waals surface area contributed by atoms with Crippen molar-refractivity contribution in [3.63, 3.8) is 0 Å². The first-order valence-electron chi connectivity index (χ1n) is 8.86. The van der Waals surface area contributed by atoms with Gasteiger partial charge in [0, 0.05) is 39.1 Å². The molecule has 2 saturated heterocycles. The van der Waals surface area contributed by atoms with Crippen molar-refractivity contribution in [1.82, 2.24) is 18.8 Å². The molecule has 0 spiro atoms. The van der Waals surface area contributed by atoms with Crippen molar-refractivity contribution in [3.8, 4) is 0 Å². The predicted octanol–water partition coefficient (Wildman–Crippen LogP) is 0.578. The zero-order chi connectivity index (χ0) is 16.7. The smallest absolute Gasteiger partial charge is 0.217 e. The summed E-state index contributed by atoms with van der Waals surface area (Å²) >= 11 is 0. The summed E-state index contributed by atoms with van der Waals surface area (Å²) in [7, 11) is -1.12. The van der Waals surface area contributed by atoms with Crippen molar-refractivity contribution >= 4 is 10.0 Å². The second kappa shape index (κ2) is 6.40. The second-order valence-corrected chi connectivity index (χ2v) is 9.31. The van der Waals surface area contributed by atoms with Crippen molar-refractivity contribution in [3.05, 3.63) is 18.2 Å². The molecule has 1 aliphatic carbocycles. The highest BCUT2D eigenvalue weighted by molar-refractivity contribution is 7.90. The zero-order valence-electron chi connectivity index (χ0n) is 14.2. The predicted molar refractivity (Wildman–Crippen MR) is 89.9 cm³/mol. The van der Waals surface area contributed by atoms with Crippen LogP contribution in [0.2, 0.25) is 0 Å². The number of rotatable bonds is 4. The highest BCUT2D eigenvalue weighted by Crippen LogP contribution is 2.35. The maximum atomic E-state index is 12.7. The first kappa shape index (κ1) is 16.5. The van der Waals surface area contributed by atoms with E-state index in [2.05, 4.69) is 9.88 Å². The Morgan fingerprint density at radius 2 is 2.00 bits per heavy atom. The van der Waals surface area contributed by atoms with Gasteiger partial charge in [0.2, 0.25) is 10.0 Å². The van der Waals surface area contributed by atoms with E-state index in [1.807, 2.05) is 24.0 Å². The minimum Gasteiger partial charge on any atom is -0.375 e. The Hall–Kier alpha value is -0.960. The number of aryl methyl sites for hydroxylation is 1. The van der Waals surface area contributed by atoms with Gasteiger partial charge in [-0.05, 0) is 25.7 Å². The fraction of sp³-hybridized carbons (Fsp3) is 0.812. The van der Waals surface area contributed by atoms with Crippen molar-refractivity contribution in [2.24, 2.45) is 7.05 Å². The highest BCUT2D eigenvalue weighted by Gasteiger charge is 2.46. The largest absolute Gasteiger partial charge is 0.375 e. The molecule has 1 aromatic rings. The molecule has 2 aliphatic heterocycles. The average Bonchev–Trinajstić information content (AvgIpc) is 3.36. The van der Waals surface area contributed by atoms with Gasteiger partial charge in [-0.25, -0.2) is 13.4 Å². The molecule has 0 amide bonds. The lowest BCUT2D eigenvalue weighted by Gasteiger charge is -2.39. The van der Waals surface area contributed by atoms with E-state index in [0.717, 1.165) is 51.1 Å². The van der Waals surface area contributed by atoms with Crippen LogP contribution in [0.3, 0.4) is 0 Å². The molecule has 24 heavy (non-hydrogen) atoms. The van der Waals surface area contributed by atoms with Gasteiger partial charge >= 0.3 is 0 Å². The quantitative estimate of drug-likeness (QED) is 0.791. The SMILES string of the molecule is Cn1ccnc1CN1CC[C@@H]2OCCN(S(=O)(=O)C3CC3)[C@@H]2CC1. The molecule has 1 saturated carbocycles. The molecule has 0 radical (unpaired) electrons. The first-order chi connectivity index (χ1) is 11.6. The van der Waals surface area contributed by atoms with Gasteiger partial charge in [0.15, 0.2) is 0 Å². The molecule has 4 rings (SSSR count). The molecule has 1 aromatic heterocycles. The minimum absolute atomic E-state index is 0.00396. The summed E-state index contributed by atoms with van der Waals surface area (Å²) in [5.41, 5.74) is 0. The first-order valence-corrected chi connectivity index (χ1v) is 10.4. The van der Waals surface area contributed by atoms with Crippen LogP contribution >= 0.6 is 0 Å². The van der Waals surface area contributed by atoms with E-state index in [-0.39, 0.29) is 17.4 Å². The molecule has 3 heterocycles. The van der Waals surface area contributed by atoms with Crippen LogP contribution in [0, 0.1) is 0 Å². The number of aromatic nitrogens is 2. The number of sulfonamides is 1. The van der Waals surface area contributed by atoms with E-state index in [0.29, 0.717) is 13.2 Å². The third-order valence-electron chi connectivity index (χ3n) is 5.47. The van der Waals surface area contributed by atoms with Crippen LogP contribution in [0.25, 0.3) is 0 Å². The van der Waals surface area contributed by atoms with Crippen LogP contribution in [0.1, 0.15) is 31.5 Å². The van der Waals surface area contributed by atoms with E-state index < -0.39 is 10.0 Å². The van der Waals surface area contributed by atoms with Gasteiger partial charge in [0.1, 0.15) is 5.82 Å². The number of hydrogen-bond donors (Lipinski definition) is 0. The number of nitrogens with zero attached hydrogens (tertiary/aromatic N) is 4. The molecule has 0 aromatic carbocycles. The van der Waals surface area contributed by atoms with Crippen LogP contribution < -0.4 is 0 Å². The molecular formula is C16H26N4O3S. The number of fused-ring (bicyclic) bond motifs is 1. The van der Waals surface area contributed by atoms with Crippen molar-refractivity contribution < 1.29 is 13.2 Å². The molecule has 8 heteroatoms. The number of morpholine rings is 1. The molecule has 3 aliphatic rings. The van der Waals surface area contributed by atoms with Crippen LogP contribution in [0.15, 0.2) is 12.4 Å². The van der Waals surface area contributed by atoms with Crippen LogP contribution in [-0.4, -0.2) is 70.8 Å². The fourth-order valence-corrected chi connectivity index (χ4v) is 5.94. The Kier molecular flexibility index (Phi) is 4.40. The van der Waals surface area contributed by atoms with Crippen LogP contribution in [-0.2, 0) is 28.4 Å². The number of imidazole rings is 1. The van der Waals surface area contributed by atoms with E-state index in [9.17, 15) is 8.42 Å². The summed E-state index contributed by atoms with van der Waals surface area (Å²) in [4.78, 5) is 6.77. The van der Waals surface area contributed by atoms with E-state index in [1.165, 1.54) is 0 Å². The molecule has 0 unspecified atom stereocenters. The van der Waals surface area contributed by atoms with Gasteiger partial charge in [-0.2, -0.15) is 4.31 Å². The molecular weight excluding hydrogens is 328 g/mol. The van der Waals surface area contributed by atoms with E-state index >= 15 is 0 Å². The molecule has 134 valence electrons. The number of hydrogen-bond acceptors (Lipinski definition) is 5. The normalized spacial score (nSPS) is 30.0. The van der Waals surface area contributed by atoms with Crippen molar-refractivity contribution in [2.45, 2.75) is 49.6 Å². The van der Waals surface area contributed by atoms with Gasteiger partial charge in [0.25, 0.3) is 0 Å².